The normalized spacial score (nSPS) is 12.0. The van der Waals surface area contributed by atoms with Gasteiger partial charge in [-0.1, -0.05) is 18.2 Å². The zero-order valence-electron chi connectivity index (χ0n) is 19.1. The van der Waals surface area contributed by atoms with Crippen molar-refractivity contribution in [3.05, 3.63) is 57.9 Å². The minimum Gasteiger partial charge on any atom is -0.507 e. The number of aromatic hydroxyl groups is 1. The van der Waals surface area contributed by atoms with Crippen LogP contribution in [0.2, 0.25) is 0 Å². The van der Waals surface area contributed by atoms with Gasteiger partial charge in [0.1, 0.15) is 17.1 Å². The van der Waals surface area contributed by atoms with Gasteiger partial charge in [0.2, 0.25) is 11.2 Å². The lowest BCUT2D eigenvalue weighted by atomic mass is 9.99. The third-order valence-corrected chi connectivity index (χ3v) is 5.38. The molecule has 2 aromatic carbocycles. The molecule has 7 nitrogen and oxygen atoms in total. The molecule has 0 saturated carbocycles. The molecule has 0 aliphatic rings. The summed E-state index contributed by atoms with van der Waals surface area (Å²) in [5, 5.41) is 10.4. The van der Waals surface area contributed by atoms with Crippen molar-refractivity contribution in [1.82, 2.24) is 4.90 Å². The van der Waals surface area contributed by atoms with E-state index in [1.54, 1.807) is 6.07 Å². The molecule has 0 radical (unpaired) electrons. The van der Waals surface area contributed by atoms with Crippen LogP contribution in [0.25, 0.3) is 22.1 Å². The molecule has 1 heterocycles. The van der Waals surface area contributed by atoms with E-state index in [4.69, 9.17) is 18.6 Å². The van der Waals surface area contributed by atoms with E-state index in [1.165, 1.54) is 51.7 Å². The number of benzene rings is 2. The molecule has 0 atom stereocenters. The van der Waals surface area contributed by atoms with Crippen molar-refractivity contribution >= 4 is 11.0 Å². The minimum atomic E-state index is -4.97. The molecule has 1 N–H and O–H groups in total. The predicted molar refractivity (Wildman–Crippen MR) is 120 cm³/mol. The van der Waals surface area contributed by atoms with Crippen LogP contribution < -0.4 is 10.2 Å². The molecular formula is C24H26F3NO6. The number of halogens is 3. The molecule has 0 unspecified atom stereocenters. The Morgan fingerprint density at radius 2 is 1.65 bits per heavy atom. The summed E-state index contributed by atoms with van der Waals surface area (Å²) in [7, 11) is 4.36. The van der Waals surface area contributed by atoms with Crippen molar-refractivity contribution in [2.75, 3.05) is 47.6 Å². The number of methoxy groups -OCH3 is 3. The lowest BCUT2D eigenvalue weighted by Gasteiger charge is -2.23. The minimum absolute atomic E-state index is 0.0180. The molecule has 0 spiro atoms. The molecule has 3 aromatic rings. The number of hydrogen-bond donors (Lipinski definition) is 1. The Bertz CT molecular complexity index is 1180. The van der Waals surface area contributed by atoms with E-state index in [9.17, 15) is 23.1 Å². The summed E-state index contributed by atoms with van der Waals surface area (Å²) in [5.74, 6) is -1.64. The molecule has 3 rings (SSSR count). The van der Waals surface area contributed by atoms with Crippen LogP contribution in [0.5, 0.6) is 11.5 Å². The molecule has 0 fully saturated rings. The van der Waals surface area contributed by atoms with Gasteiger partial charge in [-0.2, -0.15) is 13.2 Å². The van der Waals surface area contributed by atoms with Crippen LogP contribution in [-0.2, 0) is 22.2 Å². The van der Waals surface area contributed by atoms with Gasteiger partial charge in [-0.05, 0) is 18.2 Å². The first-order chi connectivity index (χ1) is 16.2. The third-order valence-electron chi connectivity index (χ3n) is 5.38. The maximum absolute atomic E-state index is 14.1. The number of phenols is 1. The number of rotatable bonds is 10. The molecule has 0 saturated heterocycles. The SMILES string of the molecule is COCCN(CCOC)Cc1c(O)ccc2c(=O)c(-c3ccccc3OC)c(C(F)(F)F)oc12. The first-order valence-corrected chi connectivity index (χ1v) is 10.4. The summed E-state index contributed by atoms with van der Waals surface area (Å²) in [6, 6.07) is 8.46. The van der Waals surface area contributed by atoms with E-state index >= 15 is 0 Å². The van der Waals surface area contributed by atoms with Gasteiger partial charge in [0.25, 0.3) is 0 Å². The van der Waals surface area contributed by atoms with E-state index in [0.717, 1.165) is 0 Å². The van der Waals surface area contributed by atoms with E-state index in [-0.39, 0.29) is 40.1 Å². The summed E-state index contributed by atoms with van der Waals surface area (Å²) in [6.07, 6.45) is -4.97. The highest BCUT2D eigenvalue weighted by molar-refractivity contribution is 5.87. The van der Waals surface area contributed by atoms with Crippen LogP contribution in [-0.4, -0.2) is 57.6 Å². The fourth-order valence-electron chi connectivity index (χ4n) is 3.69. The Morgan fingerprint density at radius 3 is 2.24 bits per heavy atom. The van der Waals surface area contributed by atoms with Gasteiger partial charge in [0.05, 0.1) is 36.8 Å². The van der Waals surface area contributed by atoms with Crippen molar-refractivity contribution in [1.29, 1.82) is 0 Å². The zero-order chi connectivity index (χ0) is 24.9. The first kappa shape index (κ1) is 25.5. The smallest absolute Gasteiger partial charge is 0.450 e. The van der Waals surface area contributed by atoms with Crippen molar-refractivity contribution in [3.63, 3.8) is 0 Å². The summed E-state index contributed by atoms with van der Waals surface area (Å²) in [6.45, 7) is 1.57. The number of hydrogen-bond acceptors (Lipinski definition) is 7. The topological polar surface area (TPSA) is 81.4 Å². The standard InChI is InChI=1S/C24H26F3NO6/c1-31-12-10-28(11-13-32-2)14-17-18(29)9-8-16-21(30)20(15-6-4-5-7-19(15)33-3)23(24(25,26)27)34-22(16)17/h4-9,29H,10-14H2,1-3H3. The van der Waals surface area contributed by atoms with Crippen LogP contribution in [0.1, 0.15) is 11.3 Å². The molecule has 0 bridgehead atoms. The molecule has 34 heavy (non-hydrogen) atoms. The van der Waals surface area contributed by atoms with Gasteiger partial charge < -0.3 is 23.7 Å². The summed E-state index contributed by atoms with van der Waals surface area (Å²) < 4.78 is 63.1. The Labute approximate surface area is 194 Å². The van der Waals surface area contributed by atoms with E-state index in [0.29, 0.717) is 26.3 Å². The van der Waals surface area contributed by atoms with Crippen LogP contribution in [0.15, 0.2) is 45.6 Å². The number of phenolic OH excluding ortho intramolecular Hbond substituents is 1. The fraction of sp³-hybridized carbons (Fsp3) is 0.375. The highest BCUT2D eigenvalue weighted by Gasteiger charge is 2.40. The van der Waals surface area contributed by atoms with Crippen molar-refractivity contribution in [2.24, 2.45) is 0 Å². The number of fused-ring (bicyclic) bond motifs is 1. The molecule has 1 aromatic heterocycles. The second-order valence-electron chi connectivity index (χ2n) is 7.54. The quantitative estimate of drug-likeness (QED) is 0.463. The van der Waals surface area contributed by atoms with Gasteiger partial charge in [0.15, 0.2) is 0 Å². The molecule has 0 aliphatic heterocycles. The van der Waals surface area contributed by atoms with Crippen molar-refractivity contribution in [3.8, 4) is 22.6 Å². The second-order valence-corrected chi connectivity index (χ2v) is 7.54. The number of nitrogens with zero attached hydrogens (tertiary/aromatic N) is 1. The van der Waals surface area contributed by atoms with Gasteiger partial charge in [-0.3, -0.25) is 9.69 Å². The summed E-state index contributed by atoms with van der Waals surface area (Å²) in [4.78, 5) is 15.2. The monoisotopic (exact) mass is 481 g/mol. The maximum atomic E-state index is 14.1. The highest BCUT2D eigenvalue weighted by atomic mass is 19.4. The van der Waals surface area contributed by atoms with Crippen LogP contribution in [0.3, 0.4) is 0 Å². The van der Waals surface area contributed by atoms with Crippen molar-refractivity contribution in [2.45, 2.75) is 12.7 Å². The average Bonchev–Trinajstić information content (AvgIpc) is 2.81. The summed E-state index contributed by atoms with van der Waals surface area (Å²) >= 11 is 0. The lowest BCUT2D eigenvalue weighted by Crippen LogP contribution is -2.30. The Hall–Kier alpha value is -3.08. The van der Waals surface area contributed by atoms with Crippen molar-refractivity contribution < 1.29 is 36.9 Å². The number of alkyl halides is 3. The van der Waals surface area contributed by atoms with E-state index in [2.05, 4.69) is 0 Å². The Morgan fingerprint density at radius 1 is 1.00 bits per heavy atom. The lowest BCUT2D eigenvalue weighted by molar-refractivity contribution is -0.152. The molecular weight excluding hydrogens is 455 g/mol. The molecule has 10 heteroatoms. The molecule has 184 valence electrons. The zero-order valence-corrected chi connectivity index (χ0v) is 19.1. The Balaban J connectivity index is 2.27. The molecule has 0 aliphatic carbocycles. The predicted octanol–water partition coefficient (Wildman–Crippen LogP) is 4.29. The number of ether oxygens (including phenoxy) is 3. The number of para-hydroxylation sites is 1. The van der Waals surface area contributed by atoms with E-state index in [1.807, 2.05) is 4.90 Å². The summed E-state index contributed by atoms with van der Waals surface area (Å²) in [5.41, 5.74) is -1.82. The Kier molecular flexibility index (Phi) is 8.19. The van der Waals surface area contributed by atoms with Crippen LogP contribution in [0.4, 0.5) is 13.2 Å². The van der Waals surface area contributed by atoms with Crippen LogP contribution >= 0.6 is 0 Å². The van der Waals surface area contributed by atoms with Gasteiger partial charge in [-0.25, -0.2) is 0 Å². The maximum Gasteiger partial charge on any atom is 0.450 e. The third kappa shape index (κ3) is 5.35. The van der Waals surface area contributed by atoms with Gasteiger partial charge >= 0.3 is 6.18 Å². The first-order valence-electron chi connectivity index (χ1n) is 10.4. The second kappa shape index (κ2) is 10.9. The van der Waals surface area contributed by atoms with Gasteiger partial charge in [-0.15, -0.1) is 0 Å². The highest BCUT2D eigenvalue weighted by Crippen LogP contribution is 2.41. The fourth-order valence-corrected chi connectivity index (χ4v) is 3.69. The van der Waals surface area contributed by atoms with E-state index < -0.39 is 22.9 Å². The average molecular weight is 481 g/mol. The molecule has 0 amide bonds. The van der Waals surface area contributed by atoms with Gasteiger partial charge in [0, 0.05) is 39.4 Å². The van der Waals surface area contributed by atoms with Crippen LogP contribution in [0, 0.1) is 0 Å². The largest absolute Gasteiger partial charge is 0.507 e.